The smallest absolute Gasteiger partial charge is 0.268 e. The first-order valence-corrected chi connectivity index (χ1v) is 4.78. The monoisotopic (exact) mass is 207 g/mol. The normalized spacial score (nSPS) is 15.1. The third-order valence-electron chi connectivity index (χ3n) is 2.46. The maximum absolute atomic E-state index is 11.5. The minimum absolute atomic E-state index is 0.211. The summed E-state index contributed by atoms with van der Waals surface area (Å²) in [7, 11) is 0. The minimum atomic E-state index is -0.352. The summed E-state index contributed by atoms with van der Waals surface area (Å²) in [4.78, 5) is 19.6. The second kappa shape index (κ2) is 3.47. The number of nitrogens with two attached hydrogens (primary N) is 2. The zero-order valence-electron chi connectivity index (χ0n) is 8.45. The van der Waals surface area contributed by atoms with Crippen LogP contribution >= 0.6 is 0 Å². The molecule has 15 heavy (non-hydrogen) atoms. The molecule has 1 aliphatic rings. The van der Waals surface area contributed by atoms with E-state index in [1.54, 1.807) is 6.92 Å². The van der Waals surface area contributed by atoms with Crippen molar-refractivity contribution in [3.05, 3.63) is 17.0 Å². The van der Waals surface area contributed by atoms with Crippen molar-refractivity contribution >= 4 is 11.9 Å². The van der Waals surface area contributed by atoms with Gasteiger partial charge in [-0.05, 0) is 19.8 Å². The van der Waals surface area contributed by atoms with Crippen LogP contribution in [0.25, 0.3) is 0 Å². The Labute approximate surface area is 87.1 Å². The molecule has 1 saturated carbocycles. The molecule has 1 amide bonds. The lowest BCUT2D eigenvalue weighted by atomic mass is 10.1. The molecule has 6 nitrogen and oxygen atoms in total. The van der Waals surface area contributed by atoms with Gasteiger partial charge in [0, 0.05) is 5.92 Å². The van der Waals surface area contributed by atoms with E-state index in [1.807, 2.05) is 0 Å². The number of hydrogen-bond acceptors (Lipinski definition) is 5. The van der Waals surface area contributed by atoms with Crippen LogP contribution in [0.5, 0.6) is 0 Å². The lowest BCUT2D eigenvalue weighted by Gasteiger charge is -2.09. The number of aryl methyl sites for hydroxylation is 1. The van der Waals surface area contributed by atoms with Crippen LogP contribution in [-0.2, 0) is 0 Å². The van der Waals surface area contributed by atoms with Crippen molar-refractivity contribution in [2.45, 2.75) is 25.7 Å². The molecule has 0 bridgehead atoms. The van der Waals surface area contributed by atoms with E-state index in [4.69, 9.17) is 11.6 Å². The Bertz CT molecular complexity index is 413. The Kier molecular flexibility index (Phi) is 2.28. The van der Waals surface area contributed by atoms with Crippen molar-refractivity contribution in [3.63, 3.8) is 0 Å². The number of rotatable bonds is 2. The van der Waals surface area contributed by atoms with Gasteiger partial charge in [0.1, 0.15) is 0 Å². The molecule has 1 aromatic heterocycles. The summed E-state index contributed by atoms with van der Waals surface area (Å²) in [6.45, 7) is 1.73. The number of aromatic nitrogens is 2. The van der Waals surface area contributed by atoms with E-state index in [0.29, 0.717) is 17.2 Å². The van der Waals surface area contributed by atoms with Gasteiger partial charge < -0.3 is 5.73 Å². The van der Waals surface area contributed by atoms with Crippen molar-refractivity contribution < 1.29 is 4.79 Å². The van der Waals surface area contributed by atoms with Gasteiger partial charge in [-0.15, -0.1) is 0 Å². The van der Waals surface area contributed by atoms with Gasteiger partial charge in [0.15, 0.2) is 0 Å². The first-order chi connectivity index (χ1) is 7.13. The zero-order chi connectivity index (χ0) is 11.0. The van der Waals surface area contributed by atoms with Gasteiger partial charge in [0.2, 0.25) is 5.95 Å². The molecule has 0 spiro atoms. The van der Waals surface area contributed by atoms with E-state index >= 15 is 0 Å². The molecular weight excluding hydrogens is 194 g/mol. The summed E-state index contributed by atoms with van der Waals surface area (Å²) >= 11 is 0. The van der Waals surface area contributed by atoms with Crippen LogP contribution in [0.3, 0.4) is 0 Å². The van der Waals surface area contributed by atoms with Crippen molar-refractivity contribution in [2.24, 2.45) is 5.84 Å². The highest BCUT2D eigenvalue weighted by atomic mass is 16.2. The number of anilines is 1. The topological polar surface area (TPSA) is 107 Å². The lowest BCUT2D eigenvalue weighted by molar-refractivity contribution is 0.0951. The van der Waals surface area contributed by atoms with E-state index < -0.39 is 0 Å². The van der Waals surface area contributed by atoms with Crippen LogP contribution < -0.4 is 17.0 Å². The molecule has 2 rings (SSSR count). The second-order valence-electron chi connectivity index (χ2n) is 3.68. The largest absolute Gasteiger partial charge is 0.368 e. The standard InChI is InChI=1S/C9H13N5O/c1-4-6(8(15)14-11)7(5-2-3-5)13-9(10)12-4/h5H,2-3,11H2,1H3,(H,14,15)(H2,10,12,13). The molecule has 0 radical (unpaired) electrons. The number of carbonyl (C=O) groups excluding carboxylic acids is 1. The lowest BCUT2D eigenvalue weighted by Crippen LogP contribution is -2.32. The minimum Gasteiger partial charge on any atom is -0.368 e. The van der Waals surface area contributed by atoms with Crippen LogP contribution in [0, 0.1) is 6.92 Å². The molecular formula is C9H13N5O. The number of amides is 1. The van der Waals surface area contributed by atoms with Gasteiger partial charge in [-0.1, -0.05) is 0 Å². The molecule has 1 aliphatic carbocycles. The summed E-state index contributed by atoms with van der Waals surface area (Å²) < 4.78 is 0. The van der Waals surface area contributed by atoms with E-state index in [0.717, 1.165) is 18.5 Å². The number of hydrogen-bond donors (Lipinski definition) is 3. The molecule has 0 aliphatic heterocycles. The third kappa shape index (κ3) is 1.75. The van der Waals surface area contributed by atoms with E-state index in [1.165, 1.54) is 0 Å². The summed E-state index contributed by atoms with van der Waals surface area (Å²) in [6.07, 6.45) is 2.08. The number of nitrogen functional groups attached to an aromatic ring is 2. The summed E-state index contributed by atoms with van der Waals surface area (Å²) in [6, 6.07) is 0. The maximum atomic E-state index is 11.5. The average Bonchev–Trinajstić information content (AvgIpc) is 2.98. The SMILES string of the molecule is Cc1nc(N)nc(C2CC2)c1C(=O)NN. The Morgan fingerprint density at radius 3 is 2.67 bits per heavy atom. The quantitative estimate of drug-likeness (QED) is 0.355. The first kappa shape index (κ1) is 9.85. The summed E-state index contributed by atoms with van der Waals surface area (Å²) in [5.41, 5.74) is 9.42. The number of nitrogens with one attached hydrogen (secondary N) is 1. The molecule has 0 unspecified atom stereocenters. The fourth-order valence-electron chi connectivity index (χ4n) is 1.62. The Hall–Kier alpha value is -1.69. The van der Waals surface area contributed by atoms with Crippen LogP contribution in [-0.4, -0.2) is 15.9 Å². The van der Waals surface area contributed by atoms with Gasteiger partial charge in [-0.3, -0.25) is 10.2 Å². The van der Waals surface area contributed by atoms with Gasteiger partial charge in [-0.2, -0.15) is 0 Å². The van der Waals surface area contributed by atoms with Gasteiger partial charge in [-0.25, -0.2) is 15.8 Å². The van der Waals surface area contributed by atoms with Gasteiger partial charge in [0.25, 0.3) is 5.91 Å². The van der Waals surface area contributed by atoms with Crippen LogP contribution in [0.4, 0.5) is 5.95 Å². The molecule has 0 atom stereocenters. The highest BCUT2D eigenvalue weighted by Gasteiger charge is 2.31. The molecule has 1 aromatic rings. The predicted molar refractivity (Wildman–Crippen MR) is 54.8 cm³/mol. The Morgan fingerprint density at radius 1 is 1.47 bits per heavy atom. The molecule has 0 aromatic carbocycles. The molecule has 5 N–H and O–H groups in total. The second-order valence-corrected chi connectivity index (χ2v) is 3.68. The number of hydrazine groups is 1. The van der Waals surface area contributed by atoms with Crippen LogP contribution in [0.2, 0.25) is 0 Å². The van der Waals surface area contributed by atoms with E-state index in [2.05, 4.69) is 15.4 Å². The zero-order valence-corrected chi connectivity index (χ0v) is 8.45. The predicted octanol–water partition coefficient (Wildman–Crippen LogP) is -0.152. The molecule has 0 saturated heterocycles. The van der Waals surface area contributed by atoms with E-state index in [-0.39, 0.29) is 11.9 Å². The number of carbonyl (C=O) groups is 1. The van der Waals surface area contributed by atoms with Crippen molar-refractivity contribution in [1.82, 2.24) is 15.4 Å². The molecule has 1 heterocycles. The Balaban J connectivity index is 2.53. The van der Waals surface area contributed by atoms with Gasteiger partial charge in [0.05, 0.1) is 17.0 Å². The summed E-state index contributed by atoms with van der Waals surface area (Å²) in [5, 5.41) is 0. The van der Waals surface area contributed by atoms with E-state index in [9.17, 15) is 4.79 Å². The average molecular weight is 207 g/mol. The highest BCUT2D eigenvalue weighted by Crippen LogP contribution is 2.41. The summed E-state index contributed by atoms with van der Waals surface area (Å²) in [5.74, 6) is 5.31. The third-order valence-corrected chi connectivity index (χ3v) is 2.46. The van der Waals surface area contributed by atoms with Gasteiger partial charge >= 0.3 is 0 Å². The highest BCUT2D eigenvalue weighted by molar-refractivity contribution is 5.96. The maximum Gasteiger partial charge on any atom is 0.268 e. The first-order valence-electron chi connectivity index (χ1n) is 4.78. The molecule has 80 valence electrons. The molecule has 6 heteroatoms. The van der Waals surface area contributed by atoms with Crippen molar-refractivity contribution in [3.8, 4) is 0 Å². The Morgan fingerprint density at radius 2 is 2.13 bits per heavy atom. The fourth-order valence-corrected chi connectivity index (χ4v) is 1.62. The van der Waals surface area contributed by atoms with Crippen LogP contribution in [0.15, 0.2) is 0 Å². The van der Waals surface area contributed by atoms with Crippen LogP contribution in [0.1, 0.15) is 40.5 Å². The molecule has 1 fully saturated rings. The number of nitrogens with zero attached hydrogens (tertiary/aromatic N) is 2. The fraction of sp³-hybridized carbons (Fsp3) is 0.444. The van der Waals surface area contributed by atoms with Crippen molar-refractivity contribution in [2.75, 3.05) is 5.73 Å². The van der Waals surface area contributed by atoms with Crippen molar-refractivity contribution in [1.29, 1.82) is 0 Å².